The second-order valence-corrected chi connectivity index (χ2v) is 5.12. The Morgan fingerprint density at radius 3 is 2.30 bits per heavy atom. The van der Waals surface area contributed by atoms with E-state index in [-0.39, 0.29) is 12.0 Å². The molecule has 1 aromatic carbocycles. The average molecular weight is 279 g/mol. The SMILES string of the molecule is COC(=O)CCCCC(N)c1cc(C)c(OC)c(C)c1. The Morgan fingerprint density at radius 2 is 1.80 bits per heavy atom. The van der Waals surface area contributed by atoms with Crippen molar-refractivity contribution in [3.05, 3.63) is 28.8 Å². The summed E-state index contributed by atoms with van der Waals surface area (Å²) in [5, 5.41) is 0. The molecule has 0 aliphatic rings. The summed E-state index contributed by atoms with van der Waals surface area (Å²) in [5.74, 6) is 0.765. The van der Waals surface area contributed by atoms with E-state index >= 15 is 0 Å². The summed E-state index contributed by atoms with van der Waals surface area (Å²) in [7, 11) is 3.10. The van der Waals surface area contributed by atoms with Crippen LogP contribution < -0.4 is 10.5 Å². The third kappa shape index (κ3) is 4.53. The largest absolute Gasteiger partial charge is 0.496 e. The number of esters is 1. The zero-order valence-corrected chi connectivity index (χ0v) is 12.9. The second kappa shape index (κ2) is 7.90. The van der Waals surface area contributed by atoms with Crippen LogP contribution in [0.3, 0.4) is 0 Å². The molecule has 0 saturated carbocycles. The zero-order valence-electron chi connectivity index (χ0n) is 12.9. The number of aryl methyl sites for hydroxylation is 2. The molecule has 0 aliphatic carbocycles. The lowest BCUT2D eigenvalue weighted by Crippen LogP contribution is -2.11. The Kier molecular flexibility index (Phi) is 6.52. The van der Waals surface area contributed by atoms with E-state index < -0.39 is 0 Å². The van der Waals surface area contributed by atoms with Crippen molar-refractivity contribution < 1.29 is 14.3 Å². The molecule has 20 heavy (non-hydrogen) atoms. The van der Waals surface area contributed by atoms with Crippen LogP contribution in [0.2, 0.25) is 0 Å². The van der Waals surface area contributed by atoms with Gasteiger partial charge in [0.15, 0.2) is 0 Å². The van der Waals surface area contributed by atoms with Gasteiger partial charge in [-0.15, -0.1) is 0 Å². The first-order valence-electron chi connectivity index (χ1n) is 6.97. The van der Waals surface area contributed by atoms with Gasteiger partial charge in [-0.1, -0.05) is 18.6 Å². The molecular formula is C16H25NO3. The Hall–Kier alpha value is -1.55. The van der Waals surface area contributed by atoms with Crippen LogP contribution in [0.4, 0.5) is 0 Å². The highest BCUT2D eigenvalue weighted by molar-refractivity contribution is 5.68. The quantitative estimate of drug-likeness (QED) is 0.615. The Balaban J connectivity index is 2.55. The van der Waals surface area contributed by atoms with E-state index in [0.717, 1.165) is 41.7 Å². The highest BCUT2D eigenvalue weighted by Crippen LogP contribution is 2.28. The number of hydrogen-bond donors (Lipinski definition) is 1. The maximum atomic E-state index is 11.0. The smallest absolute Gasteiger partial charge is 0.305 e. The minimum atomic E-state index is -0.158. The van der Waals surface area contributed by atoms with Crippen molar-refractivity contribution in [3.63, 3.8) is 0 Å². The van der Waals surface area contributed by atoms with Crippen molar-refractivity contribution in [2.24, 2.45) is 5.73 Å². The van der Waals surface area contributed by atoms with Crippen molar-refractivity contribution in [1.82, 2.24) is 0 Å². The van der Waals surface area contributed by atoms with E-state index in [1.807, 2.05) is 13.8 Å². The molecule has 0 heterocycles. The van der Waals surface area contributed by atoms with E-state index in [1.54, 1.807) is 7.11 Å². The van der Waals surface area contributed by atoms with E-state index in [1.165, 1.54) is 7.11 Å². The van der Waals surface area contributed by atoms with Gasteiger partial charge in [0, 0.05) is 12.5 Å². The third-order valence-electron chi connectivity index (χ3n) is 3.49. The molecule has 0 aromatic heterocycles. The standard InChI is InChI=1S/C16H25NO3/c1-11-9-13(10-12(2)16(11)20-4)14(17)7-5-6-8-15(18)19-3/h9-10,14H,5-8,17H2,1-4H3. The summed E-state index contributed by atoms with van der Waals surface area (Å²) in [5.41, 5.74) is 9.55. The van der Waals surface area contributed by atoms with Crippen LogP contribution in [0.5, 0.6) is 5.75 Å². The number of methoxy groups -OCH3 is 2. The van der Waals surface area contributed by atoms with Gasteiger partial charge < -0.3 is 15.2 Å². The van der Waals surface area contributed by atoms with Crippen molar-refractivity contribution in [1.29, 1.82) is 0 Å². The fourth-order valence-corrected chi connectivity index (χ4v) is 2.42. The van der Waals surface area contributed by atoms with Crippen LogP contribution in [-0.2, 0) is 9.53 Å². The Labute approximate surface area is 121 Å². The molecule has 1 aromatic rings. The number of rotatable bonds is 7. The van der Waals surface area contributed by atoms with Crippen LogP contribution in [0.25, 0.3) is 0 Å². The van der Waals surface area contributed by atoms with Gasteiger partial charge in [0.05, 0.1) is 14.2 Å². The highest BCUT2D eigenvalue weighted by atomic mass is 16.5. The molecule has 1 rings (SSSR count). The molecule has 0 spiro atoms. The van der Waals surface area contributed by atoms with Crippen molar-refractivity contribution in [2.75, 3.05) is 14.2 Å². The van der Waals surface area contributed by atoms with Crippen molar-refractivity contribution in [3.8, 4) is 5.75 Å². The maximum absolute atomic E-state index is 11.0. The van der Waals surface area contributed by atoms with Crippen molar-refractivity contribution >= 4 is 5.97 Å². The number of hydrogen-bond acceptors (Lipinski definition) is 4. The Morgan fingerprint density at radius 1 is 1.20 bits per heavy atom. The third-order valence-corrected chi connectivity index (χ3v) is 3.49. The van der Waals surface area contributed by atoms with E-state index in [4.69, 9.17) is 10.5 Å². The molecule has 0 radical (unpaired) electrons. The summed E-state index contributed by atoms with van der Waals surface area (Å²) >= 11 is 0. The zero-order chi connectivity index (χ0) is 15.1. The summed E-state index contributed by atoms with van der Waals surface area (Å²) in [4.78, 5) is 11.0. The lowest BCUT2D eigenvalue weighted by atomic mass is 9.97. The van der Waals surface area contributed by atoms with Crippen LogP contribution in [0.1, 0.15) is 48.4 Å². The molecule has 2 N–H and O–H groups in total. The predicted octanol–water partition coefficient (Wildman–Crippen LogP) is 3.05. The average Bonchev–Trinajstić information content (AvgIpc) is 2.42. The van der Waals surface area contributed by atoms with E-state index in [9.17, 15) is 4.79 Å². The minimum Gasteiger partial charge on any atom is -0.496 e. The number of unbranched alkanes of at least 4 members (excludes halogenated alkanes) is 1. The molecule has 0 fully saturated rings. The molecule has 0 amide bonds. The van der Waals surface area contributed by atoms with E-state index in [0.29, 0.717) is 6.42 Å². The molecule has 4 heteroatoms. The van der Waals surface area contributed by atoms with Gasteiger partial charge in [-0.2, -0.15) is 0 Å². The maximum Gasteiger partial charge on any atom is 0.305 e. The number of nitrogens with two attached hydrogens (primary N) is 1. The van der Waals surface area contributed by atoms with Crippen LogP contribution in [-0.4, -0.2) is 20.2 Å². The second-order valence-electron chi connectivity index (χ2n) is 5.12. The molecule has 0 aliphatic heterocycles. The van der Waals surface area contributed by atoms with Gasteiger partial charge in [-0.05, 0) is 43.4 Å². The van der Waals surface area contributed by atoms with Gasteiger partial charge >= 0.3 is 5.97 Å². The topological polar surface area (TPSA) is 61.5 Å². The Bertz CT molecular complexity index is 434. The molecular weight excluding hydrogens is 254 g/mol. The summed E-state index contributed by atoms with van der Waals surface area (Å²) in [6.45, 7) is 4.05. The van der Waals surface area contributed by atoms with Gasteiger partial charge in [-0.25, -0.2) is 0 Å². The first kappa shape index (κ1) is 16.5. The van der Waals surface area contributed by atoms with Gasteiger partial charge in [0.25, 0.3) is 0 Å². The van der Waals surface area contributed by atoms with Gasteiger partial charge in [-0.3, -0.25) is 4.79 Å². The number of ether oxygens (including phenoxy) is 2. The normalized spacial score (nSPS) is 12.1. The molecule has 1 atom stereocenters. The van der Waals surface area contributed by atoms with Gasteiger partial charge in [0.1, 0.15) is 5.75 Å². The van der Waals surface area contributed by atoms with Crippen LogP contribution in [0, 0.1) is 13.8 Å². The lowest BCUT2D eigenvalue weighted by Gasteiger charge is -2.16. The summed E-state index contributed by atoms with van der Waals surface area (Å²) in [6.07, 6.45) is 3.06. The predicted molar refractivity (Wildman–Crippen MR) is 79.9 cm³/mol. The molecule has 1 unspecified atom stereocenters. The lowest BCUT2D eigenvalue weighted by molar-refractivity contribution is -0.140. The molecule has 4 nitrogen and oxygen atoms in total. The fourth-order valence-electron chi connectivity index (χ4n) is 2.42. The fraction of sp³-hybridized carbons (Fsp3) is 0.562. The van der Waals surface area contributed by atoms with E-state index in [2.05, 4.69) is 16.9 Å². The molecule has 0 bridgehead atoms. The highest BCUT2D eigenvalue weighted by Gasteiger charge is 2.11. The first-order chi connectivity index (χ1) is 9.49. The summed E-state index contributed by atoms with van der Waals surface area (Å²) in [6, 6.07) is 4.16. The number of benzene rings is 1. The molecule has 112 valence electrons. The molecule has 0 saturated heterocycles. The monoisotopic (exact) mass is 279 g/mol. The first-order valence-corrected chi connectivity index (χ1v) is 6.97. The van der Waals surface area contributed by atoms with Crippen LogP contribution in [0.15, 0.2) is 12.1 Å². The number of carbonyl (C=O) groups excluding carboxylic acids is 1. The minimum absolute atomic E-state index is 0.00375. The number of carbonyl (C=O) groups is 1. The van der Waals surface area contributed by atoms with Crippen LogP contribution >= 0.6 is 0 Å². The van der Waals surface area contributed by atoms with Crippen molar-refractivity contribution in [2.45, 2.75) is 45.6 Å². The summed E-state index contributed by atoms with van der Waals surface area (Å²) < 4.78 is 9.97. The van der Waals surface area contributed by atoms with Gasteiger partial charge in [0.2, 0.25) is 0 Å².